The summed E-state index contributed by atoms with van der Waals surface area (Å²) in [5.41, 5.74) is 7.91. The molecule has 2 aromatic heterocycles. The highest BCUT2D eigenvalue weighted by Crippen LogP contribution is 2.44. The van der Waals surface area contributed by atoms with E-state index < -0.39 is 0 Å². The van der Waals surface area contributed by atoms with Crippen molar-refractivity contribution >= 4 is 63.0 Å². The monoisotopic (exact) mass is 568 g/mol. The van der Waals surface area contributed by atoms with Gasteiger partial charge in [0.05, 0.1) is 23.3 Å². The second-order valence-electron chi connectivity index (χ2n) is 10.4. The Morgan fingerprint density at radius 3 is 1.86 bits per heavy atom. The van der Waals surface area contributed by atoms with Crippen LogP contribution in [0.3, 0.4) is 0 Å². The van der Waals surface area contributed by atoms with E-state index in [4.69, 9.17) is 0 Å². The first-order valence-electron chi connectivity index (χ1n) is 13.6. The highest BCUT2D eigenvalue weighted by atomic mass is 32.1. The molecule has 0 aliphatic carbocycles. The Kier molecular flexibility index (Phi) is 5.66. The summed E-state index contributed by atoms with van der Waals surface area (Å²) in [6.07, 6.45) is 0. The maximum absolute atomic E-state index is 9.74. The Morgan fingerprint density at radius 2 is 1.02 bits per heavy atom. The summed E-state index contributed by atoms with van der Waals surface area (Å²) in [5.74, 6) is 0. The van der Waals surface area contributed by atoms with Crippen molar-refractivity contribution in [2.75, 3.05) is 0 Å². The topological polar surface area (TPSA) is 47.6 Å². The number of nitriles is 2. The van der Waals surface area contributed by atoms with Crippen LogP contribution < -0.4 is 0 Å². The lowest BCUT2D eigenvalue weighted by Gasteiger charge is -2.17. The summed E-state index contributed by atoms with van der Waals surface area (Å²) in [5, 5.41) is 24.1. The van der Waals surface area contributed by atoms with Gasteiger partial charge in [-0.15, -0.1) is 22.7 Å². The molecule has 6 aromatic carbocycles. The number of fused-ring (bicyclic) bond motifs is 6. The number of rotatable bonds is 3. The molecule has 0 unspecified atom stereocenters. The first kappa shape index (κ1) is 24.5. The second-order valence-corrected chi connectivity index (χ2v) is 12.5. The van der Waals surface area contributed by atoms with Crippen LogP contribution in [0.4, 0.5) is 0 Å². The highest BCUT2D eigenvalue weighted by Gasteiger charge is 2.17. The first-order valence-corrected chi connectivity index (χ1v) is 15.3. The molecule has 0 atom stereocenters. The molecule has 0 fully saturated rings. The highest BCUT2D eigenvalue weighted by molar-refractivity contribution is 7.26. The van der Waals surface area contributed by atoms with Gasteiger partial charge in [-0.25, -0.2) is 0 Å². The number of thiophene rings is 2. The van der Waals surface area contributed by atoms with Crippen LogP contribution in [0.15, 0.2) is 121 Å². The molecular formula is C38H20N2S2. The van der Waals surface area contributed by atoms with Gasteiger partial charge in [-0.3, -0.25) is 0 Å². The van der Waals surface area contributed by atoms with E-state index in [1.165, 1.54) is 29.6 Å². The number of benzene rings is 6. The molecule has 2 nitrogen and oxygen atoms in total. The minimum Gasteiger partial charge on any atom is -0.192 e. The Labute approximate surface area is 250 Å². The molecule has 4 heteroatoms. The average molecular weight is 569 g/mol. The van der Waals surface area contributed by atoms with Gasteiger partial charge in [0.15, 0.2) is 0 Å². The van der Waals surface area contributed by atoms with Crippen molar-refractivity contribution in [3.63, 3.8) is 0 Å². The zero-order valence-corrected chi connectivity index (χ0v) is 23.9. The summed E-state index contributed by atoms with van der Waals surface area (Å²) in [6.45, 7) is 0. The second kappa shape index (κ2) is 9.68. The fourth-order valence-corrected chi connectivity index (χ4v) is 8.21. The van der Waals surface area contributed by atoms with Crippen LogP contribution in [-0.4, -0.2) is 0 Å². The molecule has 0 radical (unpaired) electrons. The number of hydrogen-bond acceptors (Lipinski definition) is 4. The largest absolute Gasteiger partial charge is 0.192 e. The lowest BCUT2D eigenvalue weighted by Crippen LogP contribution is -1.91. The molecule has 0 saturated carbocycles. The third kappa shape index (κ3) is 3.90. The summed E-state index contributed by atoms with van der Waals surface area (Å²) >= 11 is 3.57. The van der Waals surface area contributed by atoms with E-state index in [0.717, 1.165) is 44.2 Å². The predicted molar refractivity (Wildman–Crippen MR) is 178 cm³/mol. The molecular weight excluding hydrogens is 549 g/mol. The van der Waals surface area contributed by atoms with E-state index in [1.54, 1.807) is 11.3 Å². The third-order valence-electron chi connectivity index (χ3n) is 7.94. The van der Waals surface area contributed by atoms with Gasteiger partial charge < -0.3 is 0 Å². The molecule has 194 valence electrons. The first-order chi connectivity index (χ1) is 20.7. The van der Waals surface area contributed by atoms with Crippen molar-refractivity contribution in [2.45, 2.75) is 0 Å². The number of nitrogens with zero attached hydrogens (tertiary/aromatic N) is 2. The van der Waals surface area contributed by atoms with E-state index >= 15 is 0 Å². The zero-order valence-electron chi connectivity index (χ0n) is 22.3. The Morgan fingerprint density at radius 1 is 0.405 bits per heavy atom. The van der Waals surface area contributed by atoms with Crippen LogP contribution in [-0.2, 0) is 0 Å². The van der Waals surface area contributed by atoms with Crippen molar-refractivity contribution in [2.24, 2.45) is 0 Å². The van der Waals surface area contributed by atoms with Crippen molar-refractivity contribution in [3.8, 4) is 45.5 Å². The number of hydrogen-bond donors (Lipinski definition) is 0. The van der Waals surface area contributed by atoms with Crippen molar-refractivity contribution in [1.29, 1.82) is 10.5 Å². The van der Waals surface area contributed by atoms with Gasteiger partial charge in [-0.1, -0.05) is 66.7 Å². The Hall–Kier alpha value is -5.26. The maximum Gasteiger partial charge on any atom is 0.0991 e. The van der Waals surface area contributed by atoms with E-state index in [9.17, 15) is 10.5 Å². The molecule has 0 amide bonds. The van der Waals surface area contributed by atoms with E-state index in [2.05, 4.69) is 97.1 Å². The molecule has 0 spiro atoms. The van der Waals surface area contributed by atoms with Crippen LogP contribution in [0, 0.1) is 22.7 Å². The molecule has 8 rings (SSSR count). The SMILES string of the molecule is N#Cc1cccc(-c2c(-c3ccc4c(c3)sc3ccccc34)cccc2-c2ccc3sc4ccc(C#N)cc4c3c2)c1. The van der Waals surface area contributed by atoms with Crippen molar-refractivity contribution in [3.05, 3.63) is 132 Å². The van der Waals surface area contributed by atoms with Crippen molar-refractivity contribution in [1.82, 2.24) is 0 Å². The Bertz CT molecular complexity index is 2450. The van der Waals surface area contributed by atoms with Crippen LogP contribution >= 0.6 is 22.7 Å². The molecule has 0 bridgehead atoms. The fraction of sp³-hybridized carbons (Fsp3) is 0. The third-order valence-corrected chi connectivity index (χ3v) is 10.2. The van der Waals surface area contributed by atoms with E-state index in [1.807, 2.05) is 47.7 Å². The summed E-state index contributed by atoms with van der Waals surface area (Å²) in [6, 6.07) is 46.9. The Balaban J connectivity index is 1.39. The predicted octanol–water partition coefficient (Wildman–Crippen LogP) is 11.2. The summed E-state index contributed by atoms with van der Waals surface area (Å²) in [7, 11) is 0. The smallest absolute Gasteiger partial charge is 0.0991 e. The van der Waals surface area contributed by atoms with Gasteiger partial charge in [-0.05, 0) is 88.0 Å². The summed E-state index contributed by atoms with van der Waals surface area (Å²) < 4.78 is 4.92. The van der Waals surface area contributed by atoms with Crippen LogP contribution in [0.1, 0.15) is 11.1 Å². The minimum absolute atomic E-state index is 0.636. The fourth-order valence-electron chi connectivity index (χ4n) is 6.00. The maximum atomic E-state index is 9.74. The zero-order chi connectivity index (χ0) is 28.2. The molecule has 0 saturated heterocycles. The minimum atomic E-state index is 0.636. The van der Waals surface area contributed by atoms with Crippen LogP contribution in [0.5, 0.6) is 0 Å². The normalized spacial score (nSPS) is 11.3. The quantitative estimate of drug-likeness (QED) is 0.213. The van der Waals surface area contributed by atoms with E-state index in [0.29, 0.717) is 11.1 Å². The van der Waals surface area contributed by atoms with Gasteiger partial charge in [0.1, 0.15) is 0 Å². The lowest BCUT2D eigenvalue weighted by molar-refractivity contribution is 1.48. The standard InChI is InChI=1S/C38H20N2S2/c39-21-23-5-3-6-27(17-23)38-28(25-13-16-36-33(19-25)32-18-24(22-40)11-15-35(32)41-36)8-4-9-29(38)26-12-14-31-30-7-1-2-10-34(30)42-37(31)20-26/h1-20H. The molecule has 0 N–H and O–H groups in total. The summed E-state index contributed by atoms with van der Waals surface area (Å²) in [4.78, 5) is 0. The van der Waals surface area contributed by atoms with Gasteiger partial charge in [0, 0.05) is 40.3 Å². The van der Waals surface area contributed by atoms with Crippen molar-refractivity contribution < 1.29 is 0 Å². The van der Waals surface area contributed by atoms with Crippen LogP contribution in [0.2, 0.25) is 0 Å². The average Bonchev–Trinajstić information content (AvgIpc) is 3.61. The van der Waals surface area contributed by atoms with Gasteiger partial charge in [-0.2, -0.15) is 10.5 Å². The van der Waals surface area contributed by atoms with Gasteiger partial charge >= 0.3 is 0 Å². The van der Waals surface area contributed by atoms with Gasteiger partial charge in [0.25, 0.3) is 0 Å². The molecule has 0 aliphatic heterocycles. The van der Waals surface area contributed by atoms with Crippen LogP contribution in [0.25, 0.3) is 73.7 Å². The molecule has 2 heterocycles. The molecule has 42 heavy (non-hydrogen) atoms. The van der Waals surface area contributed by atoms with Gasteiger partial charge in [0.2, 0.25) is 0 Å². The lowest BCUT2D eigenvalue weighted by atomic mass is 9.86. The van der Waals surface area contributed by atoms with E-state index in [-0.39, 0.29) is 0 Å². The molecule has 0 aliphatic rings. The molecule has 8 aromatic rings.